The van der Waals surface area contributed by atoms with Crippen LogP contribution in [0.25, 0.3) is 10.8 Å². The van der Waals surface area contributed by atoms with Gasteiger partial charge in [0.05, 0.1) is 12.2 Å². The minimum Gasteiger partial charge on any atom is -0.373 e. The summed E-state index contributed by atoms with van der Waals surface area (Å²) in [7, 11) is 0. The van der Waals surface area contributed by atoms with Crippen LogP contribution in [0.4, 0.5) is 5.69 Å². The zero-order valence-corrected chi connectivity index (χ0v) is 18.0. The third-order valence-electron chi connectivity index (χ3n) is 5.71. The largest absolute Gasteiger partial charge is 0.373 e. The van der Waals surface area contributed by atoms with Crippen molar-refractivity contribution in [2.24, 2.45) is 0 Å². The molecule has 3 aromatic carbocycles. The van der Waals surface area contributed by atoms with Crippen molar-refractivity contribution in [3.8, 4) is 0 Å². The first kappa shape index (κ1) is 20.6. The zero-order valence-electron chi connectivity index (χ0n) is 18.0. The molecule has 1 saturated heterocycles. The van der Waals surface area contributed by atoms with E-state index in [1.807, 2.05) is 42.2 Å². The molecule has 1 aliphatic rings. The number of hydrogen-bond acceptors (Lipinski definition) is 3. The second-order valence-corrected chi connectivity index (χ2v) is 8.23. The fourth-order valence-corrected chi connectivity index (χ4v) is 4.37. The van der Waals surface area contributed by atoms with Gasteiger partial charge in [-0.3, -0.25) is 9.69 Å². The molecule has 0 spiro atoms. The van der Waals surface area contributed by atoms with Crippen molar-refractivity contribution in [2.75, 3.05) is 24.5 Å². The number of amides is 1. The lowest BCUT2D eigenvalue weighted by Crippen LogP contribution is -2.44. The molecule has 2 unspecified atom stereocenters. The van der Waals surface area contributed by atoms with Gasteiger partial charge in [-0.05, 0) is 61.4 Å². The van der Waals surface area contributed by atoms with Crippen molar-refractivity contribution < 1.29 is 9.53 Å². The molecule has 4 heteroatoms. The van der Waals surface area contributed by atoms with Crippen molar-refractivity contribution in [3.05, 3.63) is 77.9 Å². The lowest BCUT2D eigenvalue weighted by molar-refractivity contribution is -0.0704. The Bertz CT molecular complexity index is 1000. The Kier molecular flexibility index (Phi) is 6.16. The molecule has 4 nitrogen and oxygen atoms in total. The molecule has 0 aliphatic carbocycles. The molecule has 0 radical (unpaired) electrons. The van der Waals surface area contributed by atoms with E-state index < -0.39 is 0 Å². The van der Waals surface area contributed by atoms with Gasteiger partial charge in [-0.1, -0.05) is 42.5 Å². The quantitative estimate of drug-likeness (QED) is 0.594. The van der Waals surface area contributed by atoms with Crippen LogP contribution >= 0.6 is 0 Å². The van der Waals surface area contributed by atoms with Crippen molar-refractivity contribution in [1.29, 1.82) is 0 Å². The predicted molar refractivity (Wildman–Crippen MR) is 123 cm³/mol. The Hall–Kier alpha value is -2.69. The Balaban J connectivity index is 1.48. The summed E-state index contributed by atoms with van der Waals surface area (Å²) in [5.74, 6) is 0.0351. The van der Waals surface area contributed by atoms with E-state index in [9.17, 15) is 4.79 Å². The van der Waals surface area contributed by atoms with E-state index in [2.05, 4.69) is 55.1 Å². The van der Waals surface area contributed by atoms with Crippen molar-refractivity contribution in [3.63, 3.8) is 0 Å². The van der Waals surface area contributed by atoms with Crippen LogP contribution in [0, 0.1) is 0 Å². The number of hydrogen-bond donors (Lipinski definition) is 0. The van der Waals surface area contributed by atoms with Crippen molar-refractivity contribution >= 4 is 22.4 Å². The number of carbonyl (C=O) groups excluding carboxylic acids is 1. The van der Waals surface area contributed by atoms with Gasteiger partial charge in [-0.15, -0.1) is 0 Å². The number of ether oxygens (including phenoxy) is 1. The van der Waals surface area contributed by atoms with Gasteiger partial charge in [0.15, 0.2) is 0 Å². The highest BCUT2D eigenvalue weighted by Gasteiger charge is 2.22. The topological polar surface area (TPSA) is 32.8 Å². The summed E-state index contributed by atoms with van der Waals surface area (Å²) in [4.78, 5) is 17.5. The normalized spacial score (nSPS) is 19.7. The van der Waals surface area contributed by atoms with E-state index in [0.29, 0.717) is 6.54 Å². The zero-order chi connectivity index (χ0) is 21.1. The number of fused-ring (bicyclic) bond motifs is 1. The van der Waals surface area contributed by atoms with Crippen LogP contribution in [0.3, 0.4) is 0 Å². The molecular weight excluding hydrogens is 372 g/mol. The molecule has 156 valence electrons. The van der Waals surface area contributed by atoms with Gasteiger partial charge in [0.1, 0.15) is 0 Å². The number of carbonyl (C=O) groups is 1. The van der Waals surface area contributed by atoms with E-state index in [4.69, 9.17) is 4.74 Å². The molecule has 2 atom stereocenters. The molecule has 1 amide bonds. The highest BCUT2D eigenvalue weighted by Crippen LogP contribution is 2.24. The first-order valence-electron chi connectivity index (χ1n) is 10.8. The third kappa shape index (κ3) is 4.55. The number of benzene rings is 3. The molecule has 3 aromatic rings. The molecule has 0 saturated carbocycles. The average Bonchev–Trinajstić information content (AvgIpc) is 2.74. The van der Waals surface area contributed by atoms with Crippen LogP contribution in [-0.2, 0) is 11.3 Å². The predicted octanol–water partition coefficient (Wildman–Crippen LogP) is 5.12. The summed E-state index contributed by atoms with van der Waals surface area (Å²) in [6.07, 6.45) is 0.518. The molecule has 1 aliphatic heterocycles. The molecule has 4 rings (SSSR count). The van der Waals surface area contributed by atoms with Crippen LogP contribution in [0.1, 0.15) is 36.7 Å². The maximum absolute atomic E-state index is 13.2. The van der Waals surface area contributed by atoms with E-state index in [0.717, 1.165) is 36.3 Å². The maximum Gasteiger partial charge on any atom is 0.258 e. The molecule has 1 heterocycles. The average molecular weight is 403 g/mol. The lowest BCUT2D eigenvalue weighted by Gasteiger charge is -2.35. The molecule has 0 aromatic heterocycles. The monoisotopic (exact) mass is 402 g/mol. The summed E-state index contributed by atoms with van der Waals surface area (Å²) >= 11 is 0. The Labute approximate surface area is 179 Å². The second-order valence-electron chi connectivity index (χ2n) is 8.23. The van der Waals surface area contributed by atoms with E-state index in [1.165, 1.54) is 10.9 Å². The van der Waals surface area contributed by atoms with Crippen molar-refractivity contribution in [1.82, 2.24) is 4.90 Å². The van der Waals surface area contributed by atoms with E-state index in [1.54, 1.807) is 0 Å². The smallest absolute Gasteiger partial charge is 0.258 e. The SMILES string of the molecule is CCN(C(=O)c1ccc(CN2CC(C)OC(C)C2)cc1)c1ccc2ccccc2c1. The molecule has 30 heavy (non-hydrogen) atoms. The van der Waals surface area contributed by atoms with Gasteiger partial charge >= 0.3 is 0 Å². The van der Waals surface area contributed by atoms with Crippen LogP contribution in [-0.4, -0.2) is 42.6 Å². The first-order chi connectivity index (χ1) is 14.5. The summed E-state index contributed by atoms with van der Waals surface area (Å²) in [6.45, 7) is 9.65. The highest BCUT2D eigenvalue weighted by molar-refractivity contribution is 6.07. The number of morpholine rings is 1. The van der Waals surface area contributed by atoms with Crippen molar-refractivity contribution in [2.45, 2.75) is 39.5 Å². The highest BCUT2D eigenvalue weighted by atomic mass is 16.5. The van der Waals surface area contributed by atoms with E-state index >= 15 is 0 Å². The standard InChI is InChI=1S/C26H30N2O2/c1-4-28(25-14-13-22-7-5-6-8-24(22)15-25)26(29)23-11-9-21(10-12-23)18-27-16-19(2)30-20(3)17-27/h5-15,19-20H,4,16-18H2,1-3H3. The Morgan fingerprint density at radius 1 is 0.967 bits per heavy atom. The van der Waals surface area contributed by atoms with Gasteiger partial charge in [-0.25, -0.2) is 0 Å². The summed E-state index contributed by atoms with van der Waals surface area (Å²) < 4.78 is 5.82. The van der Waals surface area contributed by atoms with Crippen LogP contribution in [0.2, 0.25) is 0 Å². The minimum absolute atomic E-state index is 0.0351. The van der Waals surface area contributed by atoms with Crippen LogP contribution < -0.4 is 4.90 Å². The fraction of sp³-hybridized carbons (Fsp3) is 0.346. The summed E-state index contributed by atoms with van der Waals surface area (Å²) in [6, 6.07) is 22.5. The molecule has 0 bridgehead atoms. The number of rotatable bonds is 5. The molecule has 1 fully saturated rings. The van der Waals surface area contributed by atoms with Gasteiger partial charge in [-0.2, -0.15) is 0 Å². The summed E-state index contributed by atoms with van der Waals surface area (Å²) in [5.41, 5.74) is 2.88. The maximum atomic E-state index is 13.2. The van der Waals surface area contributed by atoms with Gasteiger partial charge in [0.25, 0.3) is 5.91 Å². The summed E-state index contributed by atoms with van der Waals surface area (Å²) in [5, 5.41) is 2.33. The lowest BCUT2D eigenvalue weighted by atomic mass is 10.1. The molecule has 0 N–H and O–H groups in total. The Morgan fingerprint density at radius 3 is 2.30 bits per heavy atom. The van der Waals surface area contributed by atoms with Gasteiger partial charge < -0.3 is 9.64 Å². The Morgan fingerprint density at radius 2 is 1.63 bits per heavy atom. The van der Waals surface area contributed by atoms with Crippen LogP contribution in [0.5, 0.6) is 0 Å². The molecular formula is C26H30N2O2. The van der Waals surface area contributed by atoms with Crippen LogP contribution in [0.15, 0.2) is 66.7 Å². The first-order valence-corrected chi connectivity index (χ1v) is 10.8. The number of anilines is 1. The third-order valence-corrected chi connectivity index (χ3v) is 5.71. The second kappa shape index (κ2) is 8.99. The van der Waals surface area contributed by atoms with Gasteiger partial charge in [0, 0.05) is 37.4 Å². The number of nitrogens with zero attached hydrogens (tertiary/aromatic N) is 2. The van der Waals surface area contributed by atoms with Gasteiger partial charge in [0.2, 0.25) is 0 Å². The fourth-order valence-electron chi connectivity index (χ4n) is 4.37. The van der Waals surface area contributed by atoms with E-state index in [-0.39, 0.29) is 18.1 Å². The minimum atomic E-state index is 0.0351.